The molecule has 0 aliphatic carbocycles. The number of hydrogen-bond donors (Lipinski definition) is 2. The summed E-state index contributed by atoms with van der Waals surface area (Å²) in [5.41, 5.74) is 4.38. The van der Waals surface area contributed by atoms with Crippen LogP contribution in [-0.2, 0) is 11.3 Å². The predicted molar refractivity (Wildman–Crippen MR) is 104 cm³/mol. The standard InChI is InChI=1S/C21H27N3O2/c1-16-10-17(2)12-19(11-16)23-21(25)22-13-20-15-24(8-9-26-20)14-18-6-4-3-5-7-18/h3-7,10-12,20H,8-9,13-15H2,1-2H3,(H2,22,23,25). The van der Waals surface area contributed by atoms with Gasteiger partial charge in [-0.2, -0.15) is 0 Å². The molecule has 1 unspecified atom stereocenters. The van der Waals surface area contributed by atoms with Gasteiger partial charge in [-0.3, -0.25) is 4.90 Å². The highest BCUT2D eigenvalue weighted by Crippen LogP contribution is 2.14. The van der Waals surface area contributed by atoms with Gasteiger partial charge in [0.25, 0.3) is 0 Å². The van der Waals surface area contributed by atoms with Crippen LogP contribution in [0.25, 0.3) is 0 Å². The molecule has 2 amide bonds. The monoisotopic (exact) mass is 353 g/mol. The zero-order valence-corrected chi connectivity index (χ0v) is 15.5. The molecule has 1 atom stereocenters. The van der Waals surface area contributed by atoms with Crippen molar-refractivity contribution in [1.82, 2.24) is 10.2 Å². The number of carbonyl (C=O) groups is 1. The number of anilines is 1. The minimum atomic E-state index is -0.196. The smallest absolute Gasteiger partial charge is 0.319 e. The zero-order valence-electron chi connectivity index (χ0n) is 15.5. The van der Waals surface area contributed by atoms with Crippen molar-refractivity contribution in [3.63, 3.8) is 0 Å². The third-order valence-corrected chi connectivity index (χ3v) is 4.44. The van der Waals surface area contributed by atoms with Crippen LogP contribution in [0.1, 0.15) is 16.7 Å². The summed E-state index contributed by atoms with van der Waals surface area (Å²) in [7, 11) is 0. The highest BCUT2D eigenvalue weighted by Gasteiger charge is 2.21. The van der Waals surface area contributed by atoms with E-state index in [9.17, 15) is 4.79 Å². The van der Waals surface area contributed by atoms with Crippen molar-refractivity contribution in [3.05, 3.63) is 65.2 Å². The first-order valence-corrected chi connectivity index (χ1v) is 9.09. The second-order valence-electron chi connectivity index (χ2n) is 6.92. The fourth-order valence-corrected chi connectivity index (χ4v) is 3.32. The summed E-state index contributed by atoms with van der Waals surface area (Å²) in [4.78, 5) is 14.5. The fourth-order valence-electron chi connectivity index (χ4n) is 3.32. The molecule has 0 bridgehead atoms. The van der Waals surface area contributed by atoms with Gasteiger partial charge in [0.1, 0.15) is 0 Å². The van der Waals surface area contributed by atoms with E-state index in [0.717, 1.165) is 36.4 Å². The van der Waals surface area contributed by atoms with Gasteiger partial charge in [-0.05, 0) is 42.7 Å². The first kappa shape index (κ1) is 18.4. The Morgan fingerprint density at radius 1 is 1.15 bits per heavy atom. The molecule has 0 spiro atoms. The van der Waals surface area contributed by atoms with Crippen LogP contribution < -0.4 is 10.6 Å². The molecule has 1 fully saturated rings. The normalized spacial score (nSPS) is 17.7. The van der Waals surface area contributed by atoms with E-state index in [0.29, 0.717) is 13.2 Å². The van der Waals surface area contributed by atoms with Gasteiger partial charge in [-0.25, -0.2) is 4.79 Å². The van der Waals surface area contributed by atoms with Gasteiger partial charge in [0, 0.05) is 31.9 Å². The Labute approximate surface area is 155 Å². The van der Waals surface area contributed by atoms with Crippen LogP contribution in [0.15, 0.2) is 48.5 Å². The van der Waals surface area contributed by atoms with E-state index < -0.39 is 0 Å². The molecule has 5 heteroatoms. The number of amides is 2. The Balaban J connectivity index is 1.45. The number of carbonyl (C=O) groups excluding carboxylic acids is 1. The molecule has 26 heavy (non-hydrogen) atoms. The van der Waals surface area contributed by atoms with E-state index in [-0.39, 0.29) is 12.1 Å². The van der Waals surface area contributed by atoms with Gasteiger partial charge < -0.3 is 15.4 Å². The van der Waals surface area contributed by atoms with Gasteiger partial charge in [0.05, 0.1) is 12.7 Å². The Bertz CT molecular complexity index is 713. The quantitative estimate of drug-likeness (QED) is 0.867. The molecule has 0 radical (unpaired) electrons. The van der Waals surface area contributed by atoms with Gasteiger partial charge in [-0.1, -0.05) is 36.4 Å². The van der Waals surface area contributed by atoms with Crippen molar-refractivity contribution >= 4 is 11.7 Å². The highest BCUT2D eigenvalue weighted by molar-refractivity contribution is 5.89. The topological polar surface area (TPSA) is 53.6 Å². The Hall–Kier alpha value is -2.37. The lowest BCUT2D eigenvalue weighted by molar-refractivity contribution is -0.0285. The number of urea groups is 1. The van der Waals surface area contributed by atoms with E-state index in [1.165, 1.54) is 5.56 Å². The number of ether oxygens (including phenoxy) is 1. The van der Waals surface area contributed by atoms with Crippen molar-refractivity contribution in [1.29, 1.82) is 0 Å². The lowest BCUT2D eigenvalue weighted by Gasteiger charge is -2.33. The third-order valence-electron chi connectivity index (χ3n) is 4.44. The average molecular weight is 353 g/mol. The number of aryl methyl sites for hydroxylation is 2. The van der Waals surface area contributed by atoms with Crippen molar-refractivity contribution in [3.8, 4) is 0 Å². The first-order chi connectivity index (χ1) is 12.6. The van der Waals surface area contributed by atoms with Crippen molar-refractivity contribution in [2.45, 2.75) is 26.5 Å². The van der Waals surface area contributed by atoms with Crippen LogP contribution in [0.5, 0.6) is 0 Å². The third kappa shape index (κ3) is 5.58. The summed E-state index contributed by atoms with van der Waals surface area (Å²) >= 11 is 0. The minimum absolute atomic E-state index is 0.0115. The Morgan fingerprint density at radius 3 is 2.62 bits per heavy atom. The molecule has 1 aliphatic heterocycles. The maximum atomic E-state index is 12.2. The lowest BCUT2D eigenvalue weighted by atomic mass is 10.1. The van der Waals surface area contributed by atoms with Gasteiger partial charge in [0.15, 0.2) is 0 Å². The summed E-state index contributed by atoms with van der Waals surface area (Å²) in [6, 6.07) is 16.2. The first-order valence-electron chi connectivity index (χ1n) is 9.09. The maximum Gasteiger partial charge on any atom is 0.319 e. The van der Waals surface area contributed by atoms with Crippen LogP contribution in [0.2, 0.25) is 0 Å². The largest absolute Gasteiger partial charge is 0.374 e. The number of hydrogen-bond acceptors (Lipinski definition) is 3. The van der Waals surface area contributed by atoms with E-state index >= 15 is 0 Å². The maximum absolute atomic E-state index is 12.2. The molecule has 2 aromatic carbocycles. The summed E-state index contributed by atoms with van der Waals surface area (Å²) < 4.78 is 5.80. The molecule has 1 saturated heterocycles. The number of benzene rings is 2. The van der Waals surface area contributed by atoms with Crippen molar-refractivity contribution in [2.75, 3.05) is 31.6 Å². The van der Waals surface area contributed by atoms with E-state index in [2.05, 4.69) is 45.9 Å². The van der Waals surface area contributed by atoms with Gasteiger partial charge in [0.2, 0.25) is 0 Å². The molecular formula is C21H27N3O2. The fraction of sp³-hybridized carbons (Fsp3) is 0.381. The summed E-state index contributed by atoms with van der Waals surface area (Å²) in [5, 5.41) is 5.82. The van der Waals surface area contributed by atoms with Crippen LogP contribution in [0.3, 0.4) is 0 Å². The summed E-state index contributed by atoms with van der Waals surface area (Å²) in [6.45, 7) is 7.88. The van der Waals surface area contributed by atoms with E-state index in [1.54, 1.807) is 0 Å². The average Bonchev–Trinajstić information content (AvgIpc) is 2.60. The molecule has 2 aromatic rings. The zero-order chi connectivity index (χ0) is 18.4. The van der Waals surface area contributed by atoms with E-state index in [1.807, 2.05) is 32.0 Å². The molecule has 1 aliphatic rings. The minimum Gasteiger partial charge on any atom is -0.374 e. The molecule has 3 rings (SSSR count). The summed E-state index contributed by atoms with van der Waals surface area (Å²) in [6.07, 6.45) is 0.0115. The number of morpholine rings is 1. The molecular weight excluding hydrogens is 326 g/mol. The van der Waals surface area contributed by atoms with Crippen LogP contribution in [0.4, 0.5) is 10.5 Å². The molecule has 1 heterocycles. The second kappa shape index (κ2) is 8.83. The SMILES string of the molecule is Cc1cc(C)cc(NC(=O)NCC2CN(Cc3ccccc3)CCO2)c1. The van der Waals surface area contributed by atoms with Crippen LogP contribution in [-0.4, -0.2) is 43.3 Å². The number of nitrogens with one attached hydrogen (secondary N) is 2. The second-order valence-corrected chi connectivity index (χ2v) is 6.92. The Kier molecular flexibility index (Phi) is 6.26. The Morgan fingerprint density at radius 2 is 1.88 bits per heavy atom. The number of rotatable bonds is 5. The van der Waals surface area contributed by atoms with E-state index in [4.69, 9.17) is 4.74 Å². The molecule has 2 N–H and O–H groups in total. The van der Waals surface area contributed by atoms with Crippen LogP contribution in [0, 0.1) is 13.8 Å². The van der Waals surface area contributed by atoms with Crippen LogP contribution >= 0.6 is 0 Å². The lowest BCUT2D eigenvalue weighted by Crippen LogP contribution is -2.47. The molecule has 0 saturated carbocycles. The molecule has 5 nitrogen and oxygen atoms in total. The van der Waals surface area contributed by atoms with Gasteiger partial charge in [-0.15, -0.1) is 0 Å². The molecule has 0 aromatic heterocycles. The van der Waals surface area contributed by atoms with Crippen molar-refractivity contribution in [2.24, 2.45) is 0 Å². The molecule has 138 valence electrons. The highest BCUT2D eigenvalue weighted by atomic mass is 16.5. The summed E-state index contributed by atoms with van der Waals surface area (Å²) in [5.74, 6) is 0. The predicted octanol–water partition coefficient (Wildman–Crippen LogP) is 3.33. The number of nitrogens with zero attached hydrogens (tertiary/aromatic N) is 1. The van der Waals surface area contributed by atoms with Gasteiger partial charge >= 0.3 is 6.03 Å². The van der Waals surface area contributed by atoms with Crippen molar-refractivity contribution < 1.29 is 9.53 Å².